The van der Waals surface area contributed by atoms with Crippen LogP contribution in [0.5, 0.6) is 5.75 Å². The van der Waals surface area contributed by atoms with Crippen molar-refractivity contribution in [3.8, 4) is 5.75 Å². The van der Waals surface area contributed by atoms with E-state index in [-0.39, 0.29) is 24.3 Å². The summed E-state index contributed by atoms with van der Waals surface area (Å²) in [6.45, 7) is 6.12. The van der Waals surface area contributed by atoms with Crippen LogP contribution in [-0.4, -0.2) is 35.9 Å². The van der Waals surface area contributed by atoms with Crippen molar-refractivity contribution in [3.63, 3.8) is 0 Å². The number of carbonyl (C=O) groups excluding carboxylic acids is 2. The molecule has 0 heterocycles. The van der Waals surface area contributed by atoms with Crippen LogP contribution in [-0.2, 0) is 22.6 Å². The summed E-state index contributed by atoms with van der Waals surface area (Å²) >= 11 is 0. The number of hydrogen-bond acceptors (Lipinski definition) is 3. The fourth-order valence-electron chi connectivity index (χ4n) is 3.14. The highest BCUT2D eigenvalue weighted by molar-refractivity contribution is 5.88. The maximum absolute atomic E-state index is 13.2. The first-order valence-corrected chi connectivity index (χ1v) is 9.71. The predicted octanol–water partition coefficient (Wildman–Crippen LogP) is 3.57. The highest BCUT2D eigenvalue weighted by Gasteiger charge is 2.29. The van der Waals surface area contributed by atoms with Gasteiger partial charge in [0.2, 0.25) is 11.8 Å². The molecule has 0 radical (unpaired) electrons. The van der Waals surface area contributed by atoms with Gasteiger partial charge in [-0.15, -0.1) is 0 Å². The monoisotopic (exact) mass is 382 g/mol. The molecule has 0 fully saturated rings. The van der Waals surface area contributed by atoms with E-state index in [2.05, 4.69) is 5.32 Å². The van der Waals surface area contributed by atoms with Gasteiger partial charge >= 0.3 is 0 Å². The van der Waals surface area contributed by atoms with Crippen LogP contribution in [0.2, 0.25) is 0 Å². The molecule has 0 saturated heterocycles. The molecule has 5 nitrogen and oxygen atoms in total. The van der Waals surface area contributed by atoms with Crippen molar-refractivity contribution in [1.29, 1.82) is 0 Å². The number of methoxy groups -OCH3 is 1. The lowest BCUT2D eigenvalue weighted by Gasteiger charge is -2.31. The summed E-state index contributed by atoms with van der Waals surface area (Å²) in [5.74, 6) is 0.536. The van der Waals surface area contributed by atoms with E-state index in [0.29, 0.717) is 13.0 Å². The lowest BCUT2D eigenvalue weighted by Crippen LogP contribution is -2.50. The molecular weight excluding hydrogens is 352 g/mol. The van der Waals surface area contributed by atoms with Crippen LogP contribution in [0.1, 0.15) is 38.3 Å². The van der Waals surface area contributed by atoms with Crippen LogP contribution >= 0.6 is 0 Å². The summed E-state index contributed by atoms with van der Waals surface area (Å²) in [5.41, 5.74) is 1.86. The zero-order valence-electron chi connectivity index (χ0n) is 17.1. The van der Waals surface area contributed by atoms with Gasteiger partial charge in [-0.2, -0.15) is 0 Å². The third kappa shape index (κ3) is 6.12. The highest BCUT2D eigenvalue weighted by atomic mass is 16.5. The van der Waals surface area contributed by atoms with Gasteiger partial charge in [0.05, 0.1) is 13.5 Å². The Kier molecular flexibility index (Phi) is 8.05. The molecule has 1 atom stereocenters. The Balaban J connectivity index is 2.29. The minimum absolute atomic E-state index is 0.0180. The van der Waals surface area contributed by atoms with Gasteiger partial charge in [-0.1, -0.05) is 49.4 Å². The molecule has 0 aliphatic rings. The number of carbonyl (C=O) groups is 2. The quantitative estimate of drug-likeness (QED) is 0.721. The first kappa shape index (κ1) is 21.5. The first-order chi connectivity index (χ1) is 13.4. The second-order valence-corrected chi connectivity index (χ2v) is 7.12. The molecule has 1 unspecified atom stereocenters. The van der Waals surface area contributed by atoms with E-state index in [9.17, 15) is 9.59 Å². The number of benzene rings is 2. The van der Waals surface area contributed by atoms with E-state index >= 15 is 0 Å². The minimum Gasteiger partial charge on any atom is -0.497 e. The number of hydrogen-bond donors (Lipinski definition) is 1. The van der Waals surface area contributed by atoms with Crippen LogP contribution < -0.4 is 10.1 Å². The number of rotatable bonds is 9. The molecule has 2 aromatic carbocycles. The Hall–Kier alpha value is -2.82. The van der Waals surface area contributed by atoms with Crippen molar-refractivity contribution in [2.45, 2.75) is 52.2 Å². The molecule has 1 N–H and O–H groups in total. The van der Waals surface area contributed by atoms with Gasteiger partial charge in [-0.25, -0.2) is 0 Å². The second kappa shape index (κ2) is 10.5. The van der Waals surface area contributed by atoms with Gasteiger partial charge in [-0.05, 0) is 43.5 Å². The normalized spacial score (nSPS) is 11.8. The number of nitrogens with zero attached hydrogens (tertiary/aromatic N) is 1. The largest absolute Gasteiger partial charge is 0.497 e. The van der Waals surface area contributed by atoms with E-state index in [4.69, 9.17) is 4.74 Å². The molecule has 0 spiro atoms. The van der Waals surface area contributed by atoms with Gasteiger partial charge in [0, 0.05) is 12.6 Å². The van der Waals surface area contributed by atoms with Crippen molar-refractivity contribution >= 4 is 11.8 Å². The number of nitrogens with one attached hydrogen (secondary N) is 1. The Morgan fingerprint density at radius 3 is 2.32 bits per heavy atom. The summed E-state index contributed by atoms with van der Waals surface area (Å²) < 4.78 is 5.30. The average Bonchev–Trinajstić information content (AvgIpc) is 2.68. The molecule has 0 aliphatic heterocycles. The van der Waals surface area contributed by atoms with Crippen LogP contribution in [0, 0.1) is 0 Å². The van der Waals surface area contributed by atoms with Crippen LogP contribution in [0.4, 0.5) is 0 Å². The molecule has 2 amide bonds. The van der Waals surface area contributed by atoms with Gasteiger partial charge in [0.15, 0.2) is 0 Å². The molecular formula is C23H30N2O3. The van der Waals surface area contributed by atoms with Crippen molar-refractivity contribution in [2.75, 3.05) is 7.11 Å². The first-order valence-electron chi connectivity index (χ1n) is 9.71. The summed E-state index contributed by atoms with van der Waals surface area (Å²) in [7, 11) is 1.61. The topological polar surface area (TPSA) is 58.6 Å². The number of amides is 2. The fraction of sp³-hybridized carbons (Fsp3) is 0.391. The summed E-state index contributed by atoms with van der Waals surface area (Å²) in [6.07, 6.45) is 0.805. The van der Waals surface area contributed by atoms with Gasteiger partial charge in [0.1, 0.15) is 11.8 Å². The summed E-state index contributed by atoms with van der Waals surface area (Å²) in [4.78, 5) is 27.6. The predicted molar refractivity (Wildman–Crippen MR) is 111 cm³/mol. The Labute approximate surface area is 167 Å². The molecule has 5 heteroatoms. The third-order valence-electron chi connectivity index (χ3n) is 4.50. The smallest absolute Gasteiger partial charge is 0.243 e. The van der Waals surface area contributed by atoms with Gasteiger partial charge in [0.25, 0.3) is 0 Å². The Morgan fingerprint density at radius 1 is 1.04 bits per heavy atom. The molecule has 28 heavy (non-hydrogen) atoms. The van der Waals surface area contributed by atoms with E-state index < -0.39 is 6.04 Å². The maximum Gasteiger partial charge on any atom is 0.243 e. The molecule has 0 aliphatic carbocycles. The minimum atomic E-state index is -0.523. The summed E-state index contributed by atoms with van der Waals surface area (Å²) in [5, 5.41) is 2.94. The van der Waals surface area contributed by atoms with Crippen LogP contribution in [0.3, 0.4) is 0 Å². The molecule has 0 bridgehead atoms. The average molecular weight is 383 g/mol. The molecule has 2 rings (SSSR count). The standard InChI is InChI=1S/C23H30N2O3/c1-5-21(23(27)24-17(2)3)25(16-19-12-9-13-20(14-19)28-4)22(26)15-18-10-7-6-8-11-18/h6-14,17,21H,5,15-16H2,1-4H3,(H,24,27). The molecule has 0 aromatic heterocycles. The Bertz CT molecular complexity index is 774. The van der Waals surface area contributed by atoms with Crippen LogP contribution in [0.15, 0.2) is 54.6 Å². The molecule has 0 saturated carbocycles. The van der Waals surface area contributed by atoms with E-state index in [1.807, 2.05) is 75.4 Å². The van der Waals surface area contributed by atoms with Gasteiger partial charge < -0.3 is 15.0 Å². The molecule has 2 aromatic rings. The van der Waals surface area contributed by atoms with E-state index in [0.717, 1.165) is 16.9 Å². The van der Waals surface area contributed by atoms with Crippen molar-refractivity contribution in [1.82, 2.24) is 10.2 Å². The van der Waals surface area contributed by atoms with E-state index in [1.165, 1.54) is 0 Å². The lowest BCUT2D eigenvalue weighted by molar-refractivity contribution is -0.141. The summed E-state index contributed by atoms with van der Waals surface area (Å²) in [6, 6.07) is 16.7. The lowest BCUT2D eigenvalue weighted by atomic mass is 10.1. The second-order valence-electron chi connectivity index (χ2n) is 7.12. The maximum atomic E-state index is 13.2. The Morgan fingerprint density at radius 2 is 1.71 bits per heavy atom. The highest BCUT2D eigenvalue weighted by Crippen LogP contribution is 2.18. The van der Waals surface area contributed by atoms with Gasteiger partial charge in [-0.3, -0.25) is 9.59 Å². The third-order valence-corrected chi connectivity index (χ3v) is 4.50. The van der Waals surface area contributed by atoms with Crippen molar-refractivity contribution < 1.29 is 14.3 Å². The zero-order valence-corrected chi connectivity index (χ0v) is 17.1. The van der Waals surface area contributed by atoms with E-state index in [1.54, 1.807) is 12.0 Å². The van der Waals surface area contributed by atoms with Crippen molar-refractivity contribution in [2.24, 2.45) is 0 Å². The fourth-order valence-corrected chi connectivity index (χ4v) is 3.14. The number of ether oxygens (including phenoxy) is 1. The zero-order chi connectivity index (χ0) is 20.5. The molecule has 150 valence electrons. The SMILES string of the molecule is CCC(C(=O)NC(C)C)N(Cc1cccc(OC)c1)C(=O)Cc1ccccc1. The van der Waals surface area contributed by atoms with Crippen molar-refractivity contribution in [3.05, 3.63) is 65.7 Å². The van der Waals surface area contributed by atoms with Crippen LogP contribution in [0.25, 0.3) is 0 Å².